The number of carbonyl (C=O) groups excluding carboxylic acids is 1. The van der Waals surface area contributed by atoms with Crippen LogP contribution in [0, 0.1) is 5.41 Å². The minimum Gasteiger partial charge on any atom is -0.407 e. The normalized spacial score (nSPS) is 21.3. The van der Waals surface area contributed by atoms with Gasteiger partial charge in [-0.05, 0) is 28.3 Å². The molecular weight excluding hydrogens is 412 g/mol. The lowest BCUT2D eigenvalue weighted by Gasteiger charge is -2.43. The summed E-state index contributed by atoms with van der Waals surface area (Å²) in [4.78, 5) is 12.6. The molecule has 3 rings (SSSR count). The molecule has 3 nitrogen and oxygen atoms in total. The molecule has 4 heteroatoms. The zero-order chi connectivity index (χ0) is 23.4. The second-order valence-corrected chi connectivity index (χ2v) is 14.7. The SMILES string of the molecule is C=C[C@@H]1CC(=O)C(C)(C)[C@@H](CCCO[Si](c2ccccc2)(c2ccccc2)C(C)(C)C)O1. The Bertz CT molecular complexity index is 860. The summed E-state index contributed by atoms with van der Waals surface area (Å²) in [6.07, 6.45) is 3.51. The Labute approximate surface area is 195 Å². The van der Waals surface area contributed by atoms with Crippen LogP contribution in [-0.4, -0.2) is 32.9 Å². The van der Waals surface area contributed by atoms with E-state index in [1.54, 1.807) is 6.08 Å². The van der Waals surface area contributed by atoms with Gasteiger partial charge in [-0.15, -0.1) is 6.58 Å². The van der Waals surface area contributed by atoms with Gasteiger partial charge in [-0.1, -0.05) is 101 Å². The Morgan fingerprint density at radius 3 is 2.06 bits per heavy atom. The van der Waals surface area contributed by atoms with Crippen LogP contribution in [0.1, 0.15) is 53.9 Å². The van der Waals surface area contributed by atoms with Crippen molar-refractivity contribution in [2.45, 2.75) is 71.1 Å². The lowest BCUT2D eigenvalue weighted by atomic mass is 9.76. The molecule has 0 spiro atoms. The summed E-state index contributed by atoms with van der Waals surface area (Å²) in [7, 11) is -2.53. The fourth-order valence-electron chi connectivity index (χ4n) is 4.88. The van der Waals surface area contributed by atoms with Crippen molar-refractivity contribution in [1.29, 1.82) is 0 Å². The van der Waals surface area contributed by atoms with E-state index in [0.29, 0.717) is 13.0 Å². The third kappa shape index (κ3) is 4.83. The smallest absolute Gasteiger partial charge is 0.261 e. The highest BCUT2D eigenvalue weighted by molar-refractivity contribution is 6.99. The monoisotopic (exact) mass is 450 g/mol. The van der Waals surface area contributed by atoms with E-state index >= 15 is 0 Å². The first kappa shape index (κ1) is 24.6. The summed E-state index contributed by atoms with van der Waals surface area (Å²) in [5.74, 6) is 0.256. The van der Waals surface area contributed by atoms with Crippen LogP contribution in [-0.2, 0) is 14.0 Å². The predicted molar refractivity (Wildman–Crippen MR) is 135 cm³/mol. The maximum Gasteiger partial charge on any atom is 0.261 e. The number of hydrogen-bond acceptors (Lipinski definition) is 3. The lowest BCUT2D eigenvalue weighted by molar-refractivity contribution is -0.155. The molecule has 0 aliphatic carbocycles. The van der Waals surface area contributed by atoms with E-state index < -0.39 is 13.7 Å². The molecule has 172 valence electrons. The van der Waals surface area contributed by atoms with Crippen molar-refractivity contribution in [3.05, 3.63) is 73.3 Å². The van der Waals surface area contributed by atoms with Gasteiger partial charge < -0.3 is 9.16 Å². The molecule has 2 aromatic carbocycles. The van der Waals surface area contributed by atoms with Crippen LogP contribution in [0.3, 0.4) is 0 Å². The first-order valence-corrected chi connectivity index (χ1v) is 13.6. The average molecular weight is 451 g/mol. The maximum atomic E-state index is 12.6. The van der Waals surface area contributed by atoms with Crippen molar-refractivity contribution in [3.8, 4) is 0 Å². The van der Waals surface area contributed by atoms with Crippen molar-refractivity contribution in [2.75, 3.05) is 6.61 Å². The minimum absolute atomic E-state index is 0.0415. The highest BCUT2D eigenvalue weighted by atomic mass is 28.4. The van der Waals surface area contributed by atoms with E-state index in [4.69, 9.17) is 9.16 Å². The Balaban J connectivity index is 1.82. The number of ether oxygens (including phenoxy) is 1. The topological polar surface area (TPSA) is 35.5 Å². The molecule has 32 heavy (non-hydrogen) atoms. The molecule has 0 bridgehead atoms. The van der Waals surface area contributed by atoms with Crippen LogP contribution in [0.15, 0.2) is 73.3 Å². The van der Waals surface area contributed by atoms with Gasteiger partial charge in [-0.3, -0.25) is 4.79 Å². The number of carbonyl (C=O) groups is 1. The highest BCUT2D eigenvalue weighted by Crippen LogP contribution is 2.38. The van der Waals surface area contributed by atoms with Crippen molar-refractivity contribution in [3.63, 3.8) is 0 Å². The fourth-order valence-corrected chi connectivity index (χ4v) is 9.48. The Kier molecular flexibility index (Phi) is 7.59. The molecular formula is C28H38O3Si. The first-order chi connectivity index (χ1) is 15.1. The molecule has 0 N–H and O–H groups in total. The predicted octanol–water partition coefficient (Wildman–Crippen LogP) is 5.28. The Hall–Kier alpha value is -2.01. The van der Waals surface area contributed by atoms with Gasteiger partial charge in [0.15, 0.2) is 0 Å². The minimum atomic E-state index is -2.53. The molecule has 1 fully saturated rings. The molecule has 1 aliphatic rings. The van der Waals surface area contributed by atoms with E-state index in [1.807, 2.05) is 13.8 Å². The van der Waals surface area contributed by atoms with Gasteiger partial charge in [0.2, 0.25) is 0 Å². The van der Waals surface area contributed by atoms with Crippen molar-refractivity contribution in [2.24, 2.45) is 5.41 Å². The third-order valence-electron chi connectivity index (χ3n) is 6.86. The molecule has 2 aromatic rings. The molecule has 0 aromatic heterocycles. The van der Waals surface area contributed by atoms with E-state index in [2.05, 4.69) is 88.0 Å². The zero-order valence-corrected chi connectivity index (χ0v) is 21.3. The number of benzene rings is 2. The lowest BCUT2D eigenvalue weighted by Crippen LogP contribution is -2.66. The van der Waals surface area contributed by atoms with Crippen LogP contribution in [0.25, 0.3) is 0 Å². The van der Waals surface area contributed by atoms with Crippen molar-refractivity contribution < 1.29 is 14.0 Å². The largest absolute Gasteiger partial charge is 0.407 e. The molecule has 0 amide bonds. The summed E-state index contributed by atoms with van der Waals surface area (Å²) in [5.41, 5.74) is -0.475. The number of hydrogen-bond donors (Lipinski definition) is 0. The van der Waals surface area contributed by atoms with Crippen LogP contribution in [0.2, 0.25) is 5.04 Å². The van der Waals surface area contributed by atoms with Crippen LogP contribution in [0.5, 0.6) is 0 Å². The summed E-state index contributed by atoms with van der Waals surface area (Å²) < 4.78 is 13.2. The zero-order valence-electron chi connectivity index (χ0n) is 20.3. The van der Waals surface area contributed by atoms with Crippen molar-refractivity contribution >= 4 is 24.5 Å². The second-order valence-electron chi connectivity index (χ2n) is 10.4. The molecule has 1 heterocycles. The molecule has 0 unspecified atom stereocenters. The molecule has 0 radical (unpaired) electrons. The van der Waals surface area contributed by atoms with Crippen molar-refractivity contribution in [1.82, 2.24) is 0 Å². The average Bonchev–Trinajstić information content (AvgIpc) is 2.77. The maximum absolute atomic E-state index is 12.6. The second kappa shape index (κ2) is 9.86. The first-order valence-electron chi connectivity index (χ1n) is 11.7. The summed E-state index contributed by atoms with van der Waals surface area (Å²) in [6.45, 7) is 15.3. The van der Waals surface area contributed by atoms with E-state index in [9.17, 15) is 4.79 Å². The number of rotatable bonds is 8. The fraction of sp³-hybridized carbons (Fsp3) is 0.464. The van der Waals surface area contributed by atoms with E-state index in [0.717, 1.165) is 12.8 Å². The van der Waals surface area contributed by atoms with Gasteiger partial charge in [-0.2, -0.15) is 0 Å². The van der Waals surface area contributed by atoms with Gasteiger partial charge in [0.1, 0.15) is 5.78 Å². The van der Waals surface area contributed by atoms with Crippen LogP contribution < -0.4 is 10.4 Å². The van der Waals surface area contributed by atoms with Gasteiger partial charge in [0, 0.05) is 18.4 Å². The van der Waals surface area contributed by atoms with E-state index in [1.165, 1.54) is 10.4 Å². The standard InChI is InChI=1S/C28H38O3Si/c1-7-22-21-25(29)28(5,6)26(31-22)19-14-20-30-32(27(2,3)4,23-15-10-8-11-16-23)24-17-12-9-13-18-24/h7-13,15-18,22,26H,1,14,19-21H2,2-6H3/t22-,26-/m1/s1. The summed E-state index contributed by atoms with van der Waals surface area (Å²) in [5, 5.41) is 2.53. The molecule has 0 saturated carbocycles. The highest BCUT2D eigenvalue weighted by Gasteiger charge is 2.50. The molecule has 1 saturated heterocycles. The number of Topliss-reactive ketones (excluding diaryl/α,β-unsaturated/α-hetero) is 1. The Morgan fingerprint density at radius 1 is 1.06 bits per heavy atom. The quantitative estimate of drug-likeness (QED) is 0.312. The molecule has 2 atom stereocenters. The number of ketones is 1. The van der Waals surface area contributed by atoms with Gasteiger partial charge in [0.05, 0.1) is 12.2 Å². The van der Waals surface area contributed by atoms with E-state index in [-0.39, 0.29) is 23.0 Å². The Morgan fingerprint density at radius 2 is 1.59 bits per heavy atom. The van der Waals surface area contributed by atoms with Gasteiger partial charge in [-0.25, -0.2) is 0 Å². The van der Waals surface area contributed by atoms with Gasteiger partial charge in [0.25, 0.3) is 8.32 Å². The third-order valence-corrected chi connectivity index (χ3v) is 11.9. The van der Waals surface area contributed by atoms with Crippen LogP contribution in [0.4, 0.5) is 0 Å². The van der Waals surface area contributed by atoms with Crippen LogP contribution >= 0.6 is 0 Å². The molecule has 1 aliphatic heterocycles. The summed E-state index contributed by atoms with van der Waals surface area (Å²) in [6, 6.07) is 21.4. The van der Waals surface area contributed by atoms with Gasteiger partial charge >= 0.3 is 0 Å². The summed E-state index contributed by atoms with van der Waals surface area (Å²) >= 11 is 0.